The SMILES string of the molecule is CC1(C(=O)O)CCCCN1C(=O)c1cccc(O)c1. The molecule has 1 unspecified atom stereocenters. The molecule has 102 valence electrons. The van der Waals surface area contributed by atoms with E-state index in [1.165, 1.54) is 17.0 Å². The first-order valence-corrected chi connectivity index (χ1v) is 6.29. The summed E-state index contributed by atoms with van der Waals surface area (Å²) in [5.74, 6) is -1.33. The lowest BCUT2D eigenvalue weighted by Crippen LogP contribution is -2.57. The van der Waals surface area contributed by atoms with Crippen LogP contribution in [0.2, 0.25) is 0 Å². The van der Waals surface area contributed by atoms with Gasteiger partial charge in [0, 0.05) is 12.1 Å². The Hall–Kier alpha value is -2.04. The number of likely N-dealkylation sites (tertiary alicyclic amines) is 1. The summed E-state index contributed by atoms with van der Waals surface area (Å²) in [6, 6.07) is 5.99. The van der Waals surface area contributed by atoms with Crippen LogP contribution >= 0.6 is 0 Å². The Morgan fingerprint density at radius 2 is 2.05 bits per heavy atom. The standard InChI is InChI=1S/C14H17NO4/c1-14(13(18)19)7-2-3-8-15(14)12(17)10-5-4-6-11(16)9-10/h4-6,9,16H,2-3,7-8H2,1H3,(H,18,19). The van der Waals surface area contributed by atoms with E-state index >= 15 is 0 Å². The van der Waals surface area contributed by atoms with Gasteiger partial charge in [-0.05, 0) is 44.4 Å². The van der Waals surface area contributed by atoms with Crippen molar-refractivity contribution in [2.75, 3.05) is 6.54 Å². The zero-order chi connectivity index (χ0) is 14.0. The van der Waals surface area contributed by atoms with Gasteiger partial charge < -0.3 is 15.1 Å². The fraction of sp³-hybridized carbons (Fsp3) is 0.429. The Morgan fingerprint density at radius 1 is 1.32 bits per heavy atom. The number of carboxylic acid groups (broad SMARTS) is 1. The van der Waals surface area contributed by atoms with E-state index in [0.29, 0.717) is 18.5 Å². The highest BCUT2D eigenvalue weighted by Gasteiger charge is 2.44. The molecule has 5 nitrogen and oxygen atoms in total. The maximum absolute atomic E-state index is 12.4. The van der Waals surface area contributed by atoms with E-state index in [1.54, 1.807) is 19.1 Å². The summed E-state index contributed by atoms with van der Waals surface area (Å²) in [6.45, 7) is 2.01. The van der Waals surface area contributed by atoms with Gasteiger partial charge in [-0.3, -0.25) is 4.79 Å². The molecule has 0 saturated carbocycles. The Kier molecular flexibility index (Phi) is 3.46. The van der Waals surface area contributed by atoms with Crippen LogP contribution in [-0.4, -0.2) is 39.1 Å². The van der Waals surface area contributed by atoms with E-state index in [4.69, 9.17) is 0 Å². The third-order valence-corrected chi connectivity index (χ3v) is 3.69. The molecule has 1 aromatic rings. The normalized spacial score (nSPS) is 23.1. The van der Waals surface area contributed by atoms with E-state index in [-0.39, 0.29) is 11.7 Å². The molecular formula is C14H17NO4. The lowest BCUT2D eigenvalue weighted by molar-refractivity contribution is -0.150. The number of rotatable bonds is 2. The molecule has 0 spiro atoms. The molecular weight excluding hydrogens is 246 g/mol. The number of hydrogen-bond donors (Lipinski definition) is 2. The molecule has 0 radical (unpaired) electrons. The van der Waals surface area contributed by atoms with Crippen LogP contribution in [0.5, 0.6) is 5.75 Å². The van der Waals surface area contributed by atoms with Gasteiger partial charge in [-0.25, -0.2) is 4.79 Å². The van der Waals surface area contributed by atoms with Crippen LogP contribution in [0.15, 0.2) is 24.3 Å². The van der Waals surface area contributed by atoms with Gasteiger partial charge >= 0.3 is 5.97 Å². The van der Waals surface area contributed by atoms with E-state index in [0.717, 1.165) is 12.8 Å². The highest BCUT2D eigenvalue weighted by atomic mass is 16.4. The summed E-state index contributed by atoms with van der Waals surface area (Å²) < 4.78 is 0. The number of aromatic hydroxyl groups is 1. The first-order valence-electron chi connectivity index (χ1n) is 6.29. The fourth-order valence-electron chi connectivity index (χ4n) is 2.46. The molecule has 1 heterocycles. The smallest absolute Gasteiger partial charge is 0.329 e. The van der Waals surface area contributed by atoms with Gasteiger partial charge in [-0.2, -0.15) is 0 Å². The minimum atomic E-state index is -1.17. The van der Waals surface area contributed by atoms with Crippen molar-refractivity contribution in [1.82, 2.24) is 4.90 Å². The van der Waals surface area contributed by atoms with Gasteiger partial charge in [-0.1, -0.05) is 6.07 Å². The van der Waals surface area contributed by atoms with Gasteiger partial charge in [-0.15, -0.1) is 0 Å². The number of benzene rings is 1. The Bertz CT molecular complexity index is 514. The minimum absolute atomic E-state index is 0.000104. The van der Waals surface area contributed by atoms with Gasteiger partial charge in [0.05, 0.1) is 0 Å². The maximum Gasteiger partial charge on any atom is 0.329 e. The van der Waals surface area contributed by atoms with Gasteiger partial charge in [0.15, 0.2) is 0 Å². The van der Waals surface area contributed by atoms with Gasteiger partial charge in [0.2, 0.25) is 0 Å². The summed E-state index contributed by atoms with van der Waals surface area (Å²) in [7, 11) is 0. The van der Waals surface area contributed by atoms with Crippen LogP contribution in [0, 0.1) is 0 Å². The van der Waals surface area contributed by atoms with Crippen LogP contribution in [0.3, 0.4) is 0 Å². The third kappa shape index (κ3) is 2.41. The lowest BCUT2D eigenvalue weighted by Gasteiger charge is -2.41. The minimum Gasteiger partial charge on any atom is -0.508 e. The predicted molar refractivity (Wildman–Crippen MR) is 69.0 cm³/mol. The summed E-state index contributed by atoms with van der Waals surface area (Å²) >= 11 is 0. The Labute approximate surface area is 111 Å². The first-order chi connectivity index (χ1) is 8.95. The number of phenolic OH excluding ortho intramolecular Hbond substituents is 1. The molecule has 1 aromatic carbocycles. The van der Waals surface area contributed by atoms with Crippen LogP contribution in [0.25, 0.3) is 0 Å². The molecule has 1 atom stereocenters. The number of piperidine rings is 1. The monoisotopic (exact) mass is 263 g/mol. The average molecular weight is 263 g/mol. The number of hydrogen-bond acceptors (Lipinski definition) is 3. The quantitative estimate of drug-likeness (QED) is 0.853. The second-order valence-electron chi connectivity index (χ2n) is 5.04. The third-order valence-electron chi connectivity index (χ3n) is 3.69. The number of carbonyl (C=O) groups is 2. The number of phenols is 1. The van der Waals surface area contributed by atoms with Crippen molar-refractivity contribution in [3.05, 3.63) is 29.8 Å². The topological polar surface area (TPSA) is 77.8 Å². The van der Waals surface area contributed by atoms with E-state index in [1.807, 2.05) is 0 Å². The summed E-state index contributed by atoms with van der Waals surface area (Å²) in [5.41, 5.74) is -0.852. The second-order valence-corrected chi connectivity index (χ2v) is 5.04. The average Bonchev–Trinajstić information content (AvgIpc) is 2.38. The van der Waals surface area contributed by atoms with Crippen molar-refractivity contribution in [2.45, 2.75) is 31.7 Å². The van der Waals surface area contributed by atoms with Crippen molar-refractivity contribution in [3.63, 3.8) is 0 Å². The number of aliphatic carboxylic acids is 1. The van der Waals surface area contributed by atoms with Crippen molar-refractivity contribution in [1.29, 1.82) is 0 Å². The van der Waals surface area contributed by atoms with Crippen molar-refractivity contribution in [3.8, 4) is 5.75 Å². The summed E-state index contributed by atoms with van der Waals surface area (Å²) in [6.07, 6.45) is 2.05. The predicted octanol–water partition coefficient (Wildman–Crippen LogP) is 1.86. The molecule has 1 saturated heterocycles. The number of nitrogens with zero attached hydrogens (tertiary/aromatic N) is 1. The molecule has 5 heteroatoms. The molecule has 2 N–H and O–H groups in total. The summed E-state index contributed by atoms with van der Waals surface area (Å²) in [5, 5.41) is 18.8. The molecule has 1 aliphatic rings. The highest BCUT2D eigenvalue weighted by molar-refractivity contribution is 5.98. The van der Waals surface area contributed by atoms with Crippen LogP contribution in [0.4, 0.5) is 0 Å². The molecule has 19 heavy (non-hydrogen) atoms. The first kappa shape index (κ1) is 13.4. The number of carboxylic acids is 1. The van der Waals surface area contributed by atoms with Crippen molar-refractivity contribution in [2.24, 2.45) is 0 Å². The molecule has 0 aromatic heterocycles. The second kappa shape index (κ2) is 4.91. The van der Waals surface area contributed by atoms with Gasteiger partial charge in [0.25, 0.3) is 5.91 Å². The number of carbonyl (C=O) groups excluding carboxylic acids is 1. The number of amides is 1. The Morgan fingerprint density at radius 3 is 2.68 bits per heavy atom. The fourth-order valence-corrected chi connectivity index (χ4v) is 2.46. The van der Waals surface area contributed by atoms with Crippen molar-refractivity contribution < 1.29 is 19.8 Å². The lowest BCUT2D eigenvalue weighted by atomic mass is 9.88. The van der Waals surface area contributed by atoms with Crippen LogP contribution < -0.4 is 0 Å². The zero-order valence-electron chi connectivity index (χ0n) is 10.8. The highest BCUT2D eigenvalue weighted by Crippen LogP contribution is 2.30. The Balaban J connectivity index is 2.33. The van der Waals surface area contributed by atoms with Crippen molar-refractivity contribution >= 4 is 11.9 Å². The van der Waals surface area contributed by atoms with E-state index < -0.39 is 11.5 Å². The van der Waals surface area contributed by atoms with E-state index in [2.05, 4.69) is 0 Å². The molecule has 1 fully saturated rings. The van der Waals surface area contributed by atoms with Gasteiger partial charge in [0.1, 0.15) is 11.3 Å². The molecule has 0 aliphatic carbocycles. The van der Waals surface area contributed by atoms with Crippen LogP contribution in [-0.2, 0) is 4.79 Å². The molecule has 1 amide bonds. The molecule has 0 bridgehead atoms. The summed E-state index contributed by atoms with van der Waals surface area (Å²) in [4.78, 5) is 25.3. The largest absolute Gasteiger partial charge is 0.508 e. The zero-order valence-corrected chi connectivity index (χ0v) is 10.8. The van der Waals surface area contributed by atoms with E-state index in [9.17, 15) is 19.8 Å². The molecule has 1 aliphatic heterocycles. The van der Waals surface area contributed by atoms with Crippen LogP contribution in [0.1, 0.15) is 36.5 Å². The maximum atomic E-state index is 12.4. The molecule has 2 rings (SSSR count).